The molecule has 2 atom stereocenters. The van der Waals surface area contributed by atoms with Crippen LogP contribution in [0.15, 0.2) is 24.3 Å². The Morgan fingerprint density at radius 1 is 1.25 bits per heavy atom. The number of carbonyl (C=O) groups excluding carboxylic acids is 1. The Morgan fingerprint density at radius 2 is 1.88 bits per heavy atom. The van der Waals surface area contributed by atoms with E-state index in [9.17, 15) is 14.7 Å². The highest BCUT2D eigenvalue weighted by Gasteiger charge is 2.25. The van der Waals surface area contributed by atoms with Crippen molar-refractivity contribution in [1.82, 2.24) is 5.32 Å². The molecule has 0 aliphatic heterocycles. The van der Waals surface area contributed by atoms with Gasteiger partial charge < -0.3 is 19.9 Å². The van der Waals surface area contributed by atoms with Gasteiger partial charge in [-0.1, -0.05) is 25.1 Å². The summed E-state index contributed by atoms with van der Waals surface area (Å²) in [5.74, 6) is -0.497. The second kappa shape index (κ2) is 8.57. The lowest BCUT2D eigenvalue weighted by atomic mass is 10.0. The number of hydrogen-bond acceptors (Lipinski definition) is 4. The third-order valence-electron chi connectivity index (χ3n) is 3.29. The fraction of sp³-hybridized carbons (Fsp3) is 0.556. The number of benzene rings is 1. The van der Waals surface area contributed by atoms with Crippen LogP contribution in [0.1, 0.15) is 46.6 Å². The standard InChI is InChI=1S/C18H27NO5/c1-6-12(2)23-15-10-8-7-9-13(15)11-14(16(20)21)19-17(22)24-18(3,4)5/h7-10,12,14H,6,11H2,1-5H3,(H,19,22)(H,20,21). The zero-order valence-corrected chi connectivity index (χ0v) is 15.0. The highest BCUT2D eigenvalue weighted by molar-refractivity contribution is 5.80. The van der Waals surface area contributed by atoms with Crippen LogP contribution in [0.5, 0.6) is 5.75 Å². The minimum Gasteiger partial charge on any atom is -0.490 e. The molecule has 0 bridgehead atoms. The summed E-state index contributed by atoms with van der Waals surface area (Å²) >= 11 is 0. The van der Waals surface area contributed by atoms with Gasteiger partial charge >= 0.3 is 12.1 Å². The van der Waals surface area contributed by atoms with Crippen molar-refractivity contribution in [2.75, 3.05) is 0 Å². The molecule has 0 aromatic heterocycles. The Hall–Kier alpha value is -2.24. The molecule has 24 heavy (non-hydrogen) atoms. The number of hydrogen-bond donors (Lipinski definition) is 2. The van der Waals surface area contributed by atoms with Gasteiger partial charge in [-0.25, -0.2) is 9.59 Å². The van der Waals surface area contributed by atoms with Crippen LogP contribution in [0.3, 0.4) is 0 Å². The average molecular weight is 337 g/mol. The first-order valence-corrected chi connectivity index (χ1v) is 8.09. The first-order valence-electron chi connectivity index (χ1n) is 8.09. The summed E-state index contributed by atoms with van der Waals surface area (Å²) in [4.78, 5) is 23.3. The van der Waals surface area contributed by atoms with Crippen molar-refractivity contribution in [1.29, 1.82) is 0 Å². The first-order chi connectivity index (χ1) is 11.1. The summed E-state index contributed by atoms with van der Waals surface area (Å²) in [6, 6.07) is 6.14. The van der Waals surface area contributed by atoms with E-state index in [1.54, 1.807) is 32.9 Å². The number of carboxylic acids is 1. The van der Waals surface area contributed by atoms with Crippen LogP contribution in [-0.2, 0) is 16.0 Å². The van der Waals surface area contributed by atoms with Crippen molar-refractivity contribution in [3.05, 3.63) is 29.8 Å². The van der Waals surface area contributed by atoms with E-state index in [4.69, 9.17) is 9.47 Å². The van der Waals surface area contributed by atoms with Crippen LogP contribution in [0.2, 0.25) is 0 Å². The van der Waals surface area contributed by atoms with Gasteiger partial charge in [-0.2, -0.15) is 0 Å². The molecule has 0 aliphatic rings. The van der Waals surface area contributed by atoms with Crippen molar-refractivity contribution in [3.8, 4) is 5.75 Å². The number of amides is 1. The monoisotopic (exact) mass is 337 g/mol. The molecule has 0 radical (unpaired) electrons. The Morgan fingerprint density at radius 3 is 2.42 bits per heavy atom. The zero-order valence-electron chi connectivity index (χ0n) is 15.0. The average Bonchev–Trinajstić information content (AvgIpc) is 2.46. The van der Waals surface area contributed by atoms with Crippen LogP contribution in [-0.4, -0.2) is 34.9 Å². The second-order valence-corrected chi connectivity index (χ2v) is 6.69. The van der Waals surface area contributed by atoms with Gasteiger partial charge in [-0.15, -0.1) is 0 Å². The third kappa shape index (κ3) is 6.89. The van der Waals surface area contributed by atoms with E-state index in [1.807, 2.05) is 26.0 Å². The van der Waals surface area contributed by atoms with Gasteiger partial charge in [0.05, 0.1) is 6.10 Å². The second-order valence-electron chi connectivity index (χ2n) is 6.69. The van der Waals surface area contributed by atoms with Gasteiger partial charge in [0.15, 0.2) is 0 Å². The van der Waals surface area contributed by atoms with E-state index in [0.29, 0.717) is 5.75 Å². The molecule has 2 N–H and O–H groups in total. The van der Waals surface area contributed by atoms with Crippen molar-refractivity contribution in [2.45, 2.75) is 65.2 Å². The maximum absolute atomic E-state index is 11.8. The van der Waals surface area contributed by atoms with Gasteiger partial charge in [-0.3, -0.25) is 0 Å². The highest BCUT2D eigenvalue weighted by atomic mass is 16.6. The Labute approximate surface area is 143 Å². The molecule has 0 saturated heterocycles. The number of alkyl carbamates (subject to hydrolysis) is 1. The minimum atomic E-state index is -1.13. The fourth-order valence-electron chi connectivity index (χ4n) is 1.96. The number of carboxylic acid groups (broad SMARTS) is 1. The lowest BCUT2D eigenvalue weighted by Crippen LogP contribution is -2.44. The highest BCUT2D eigenvalue weighted by Crippen LogP contribution is 2.22. The zero-order chi connectivity index (χ0) is 18.3. The number of aliphatic carboxylic acids is 1. The van der Waals surface area contributed by atoms with Crippen LogP contribution >= 0.6 is 0 Å². The SMILES string of the molecule is CCC(C)Oc1ccccc1CC(NC(=O)OC(C)(C)C)C(=O)O. The number of para-hydroxylation sites is 1. The number of carbonyl (C=O) groups is 2. The molecule has 0 fully saturated rings. The number of rotatable bonds is 7. The van der Waals surface area contributed by atoms with Crippen LogP contribution < -0.4 is 10.1 Å². The Balaban J connectivity index is 2.86. The molecule has 1 amide bonds. The number of ether oxygens (including phenoxy) is 2. The minimum absolute atomic E-state index is 0.0215. The summed E-state index contributed by atoms with van der Waals surface area (Å²) in [6.45, 7) is 9.12. The normalized spacial score (nSPS) is 13.7. The molecule has 6 nitrogen and oxygen atoms in total. The predicted octanol–water partition coefficient (Wildman–Crippen LogP) is 3.38. The predicted molar refractivity (Wildman–Crippen MR) is 91.3 cm³/mol. The molecule has 134 valence electrons. The maximum Gasteiger partial charge on any atom is 0.408 e. The largest absolute Gasteiger partial charge is 0.490 e. The van der Waals surface area contributed by atoms with E-state index in [0.717, 1.165) is 12.0 Å². The molecule has 0 spiro atoms. The number of nitrogens with one attached hydrogen (secondary N) is 1. The van der Waals surface area contributed by atoms with Gasteiger partial charge in [0.1, 0.15) is 17.4 Å². The van der Waals surface area contributed by atoms with E-state index < -0.39 is 23.7 Å². The van der Waals surface area contributed by atoms with Crippen molar-refractivity contribution in [3.63, 3.8) is 0 Å². The third-order valence-corrected chi connectivity index (χ3v) is 3.29. The molecule has 1 rings (SSSR count). The smallest absolute Gasteiger partial charge is 0.408 e. The van der Waals surface area contributed by atoms with Gasteiger partial charge in [0.2, 0.25) is 0 Å². The maximum atomic E-state index is 11.8. The van der Waals surface area contributed by atoms with Gasteiger partial charge in [-0.05, 0) is 45.7 Å². The fourth-order valence-corrected chi connectivity index (χ4v) is 1.96. The summed E-state index contributed by atoms with van der Waals surface area (Å²) in [5.41, 5.74) is 0.0336. The topological polar surface area (TPSA) is 84.9 Å². The molecule has 1 aromatic carbocycles. The van der Waals surface area contributed by atoms with Crippen molar-refractivity contribution >= 4 is 12.1 Å². The van der Waals surface area contributed by atoms with Crippen molar-refractivity contribution < 1.29 is 24.2 Å². The quantitative estimate of drug-likeness (QED) is 0.797. The lowest BCUT2D eigenvalue weighted by Gasteiger charge is -2.23. The summed E-state index contributed by atoms with van der Waals surface area (Å²) in [5, 5.41) is 11.8. The summed E-state index contributed by atoms with van der Waals surface area (Å²) in [6.07, 6.45) is 0.220. The first kappa shape index (κ1) is 19.8. The van der Waals surface area contributed by atoms with Crippen molar-refractivity contribution in [2.24, 2.45) is 0 Å². The van der Waals surface area contributed by atoms with E-state index in [-0.39, 0.29) is 12.5 Å². The molecule has 0 aliphatic carbocycles. The Bertz CT molecular complexity index is 565. The summed E-state index contributed by atoms with van der Waals surface area (Å²) < 4.78 is 10.9. The van der Waals surface area contributed by atoms with E-state index in [2.05, 4.69) is 5.32 Å². The molecular weight excluding hydrogens is 310 g/mol. The molecule has 0 heterocycles. The van der Waals surface area contributed by atoms with E-state index >= 15 is 0 Å². The van der Waals surface area contributed by atoms with Crippen LogP contribution in [0, 0.1) is 0 Å². The molecular formula is C18H27NO5. The molecule has 0 saturated carbocycles. The lowest BCUT2D eigenvalue weighted by molar-refractivity contribution is -0.139. The van der Waals surface area contributed by atoms with E-state index in [1.165, 1.54) is 0 Å². The Kier molecular flexibility index (Phi) is 7.07. The molecule has 1 aromatic rings. The summed E-state index contributed by atoms with van der Waals surface area (Å²) in [7, 11) is 0. The van der Waals surface area contributed by atoms with Gasteiger partial charge in [0, 0.05) is 6.42 Å². The van der Waals surface area contributed by atoms with Crippen LogP contribution in [0.4, 0.5) is 4.79 Å². The van der Waals surface area contributed by atoms with Gasteiger partial charge in [0.25, 0.3) is 0 Å². The molecule has 6 heteroatoms. The van der Waals surface area contributed by atoms with Crippen LogP contribution in [0.25, 0.3) is 0 Å². The molecule has 2 unspecified atom stereocenters.